The Morgan fingerprint density at radius 3 is 2.48 bits per heavy atom. The minimum Gasteiger partial charge on any atom is -0.456 e. The zero-order chi connectivity index (χ0) is 19.2. The SMILES string of the molecule is CC(=O)NCc1ccc(C(=O)Nc2ccc(Oc3ccccc3Cl)cc2)s1. The molecule has 27 heavy (non-hydrogen) atoms. The molecule has 3 aromatic rings. The fourth-order valence-corrected chi connectivity index (χ4v) is 3.28. The molecule has 1 heterocycles. The Bertz CT molecular complexity index is 954. The summed E-state index contributed by atoms with van der Waals surface area (Å²) in [6.07, 6.45) is 0. The van der Waals surface area contributed by atoms with Gasteiger partial charge in [0.2, 0.25) is 5.91 Å². The summed E-state index contributed by atoms with van der Waals surface area (Å²) in [6, 6.07) is 17.8. The molecule has 0 aliphatic rings. The summed E-state index contributed by atoms with van der Waals surface area (Å²) in [7, 11) is 0. The third-order valence-electron chi connectivity index (χ3n) is 3.57. The Kier molecular flexibility index (Phi) is 6.11. The highest BCUT2D eigenvalue weighted by molar-refractivity contribution is 7.14. The third kappa shape index (κ3) is 5.32. The Hall–Kier alpha value is -2.83. The van der Waals surface area contributed by atoms with Gasteiger partial charge in [0.25, 0.3) is 5.91 Å². The zero-order valence-corrected chi connectivity index (χ0v) is 16.1. The van der Waals surface area contributed by atoms with E-state index >= 15 is 0 Å². The van der Waals surface area contributed by atoms with Crippen LogP contribution in [0, 0.1) is 0 Å². The van der Waals surface area contributed by atoms with Crippen LogP contribution in [0.3, 0.4) is 0 Å². The zero-order valence-electron chi connectivity index (χ0n) is 14.5. The van der Waals surface area contributed by atoms with E-state index in [1.165, 1.54) is 18.3 Å². The van der Waals surface area contributed by atoms with Gasteiger partial charge in [-0.3, -0.25) is 9.59 Å². The number of para-hydroxylation sites is 1. The Balaban J connectivity index is 1.60. The molecule has 138 valence electrons. The molecule has 3 rings (SSSR count). The number of ether oxygens (including phenoxy) is 1. The van der Waals surface area contributed by atoms with Crippen molar-refractivity contribution in [1.29, 1.82) is 0 Å². The molecule has 0 bridgehead atoms. The highest BCUT2D eigenvalue weighted by Crippen LogP contribution is 2.29. The van der Waals surface area contributed by atoms with E-state index in [0.717, 1.165) is 4.88 Å². The highest BCUT2D eigenvalue weighted by Gasteiger charge is 2.10. The summed E-state index contributed by atoms with van der Waals surface area (Å²) < 4.78 is 5.73. The van der Waals surface area contributed by atoms with Crippen LogP contribution >= 0.6 is 22.9 Å². The number of nitrogens with one attached hydrogen (secondary N) is 2. The number of halogens is 1. The molecule has 0 radical (unpaired) electrons. The number of carbonyl (C=O) groups excluding carboxylic acids is 2. The van der Waals surface area contributed by atoms with Crippen LogP contribution in [0.25, 0.3) is 0 Å². The molecular weight excluding hydrogens is 384 g/mol. The first-order valence-electron chi connectivity index (χ1n) is 8.18. The maximum absolute atomic E-state index is 12.3. The van der Waals surface area contributed by atoms with Crippen molar-refractivity contribution in [2.45, 2.75) is 13.5 Å². The van der Waals surface area contributed by atoms with Crippen LogP contribution in [0.1, 0.15) is 21.5 Å². The normalized spacial score (nSPS) is 10.3. The summed E-state index contributed by atoms with van der Waals surface area (Å²) in [6.45, 7) is 1.88. The molecule has 0 saturated carbocycles. The van der Waals surface area contributed by atoms with Crippen LogP contribution in [-0.4, -0.2) is 11.8 Å². The number of rotatable bonds is 6. The molecule has 0 saturated heterocycles. The van der Waals surface area contributed by atoms with Gasteiger partial charge in [0, 0.05) is 17.5 Å². The maximum atomic E-state index is 12.3. The molecule has 2 aromatic carbocycles. The minimum atomic E-state index is -0.200. The van der Waals surface area contributed by atoms with E-state index in [2.05, 4.69) is 10.6 Å². The fourth-order valence-electron chi connectivity index (χ4n) is 2.26. The van der Waals surface area contributed by atoms with E-state index < -0.39 is 0 Å². The topological polar surface area (TPSA) is 67.4 Å². The van der Waals surface area contributed by atoms with Crippen LogP contribution < -0.4 is 15.4 Å². The van der Waals surface area contributed by atoms with Crippen molar-refractivity contribution in [2.24, 2.45) is 0 Å². The largest absolute Gasteiger partial charge is 0.456 e. The van der Waals surface area contributed by atoms with Gasteiger partial charge >= 0.3 is 0 Å². The van der Waals surface area contributed by atoms with Gasteiger partial charge < -0.3 is 15.4 Å². The van der Waals surface area contributed by atoms with E-state index in [1.54, 1.807) is 42.5 Å². The van der Waals surface area contributed by atoms with Crippen molar-refractivity contribution >= 4 is 40.4 Å². The molecule has 2 amide bonds. The maximum Gasteiger partial charge on any atom is 0.265 e. The van der Waals surface area contributed by atoms with Gasteiger partial charge in [-0.05, 0) is 48.5 Å². The number of benzene rings is 2. The van der Waals surface area contributed by atoms with Gasteiger partial charge in [-0.1, -0.05) is 23.7 Å². The molecule has 7 heteroatoms. The van der Waals surface area contributed by atoms with Crippen molar-refractivity contribution in [3.05, 3.63) is 75.4 Å². The lowest BCUT2D eigenvalue weighted by Gasteiger charge is -2.08. The molecule has 0 atom stereocenters. The molecule has 5 nitrogen and oxygen atoms in total. The van der Waals surface area contributed by atoms with Crippen molar-refractivity contribution < 1.29 is 14.3 Å². The first kappa shape index (κ1) is 18.9. The van der Waals surface area contributed by atoms with Gasteiger partial charge in [0.15, 0.2) is 0 Å². The molecule has 0 aliphatic carbocycles. The predicted octanol–water partition coefficient (Wildman–Crippen LogP) is 5.08. The number of hydrogen-bond donors (Lipinski definition) is 2. The summed E-state index contributed by atoms with van der Waals surface area (Å²) in [4.78, 5) is 24.8. The van der Waals surface area contributed by atoms with Gasteiger partial charge in [0.05, 0.1) is 16.4 Å². The first-order valence-corrected chi connectivity index (χ1v) is 9.37. The Labute approximate surface area is 165 Å². The smallest absolute Gasteiger partial charge is 0.265 e. The average molecular weight is 401 g/mol. The Morgan fingerprint density at radius 1 is 1.04 bits per heavy atom. The van der Waals surface area contributed by atoms with Crippen LogP contribution in [-0.2, 0) is 11.3 Å². The molecule has 0 fully saturated rings. The van der Waals surface area contributed by atoms with E-state index in [-0.39, 0.29) is 11.8 Å². The van der Waals surface area contributed by atoms with Crippen LogP contribution in [0.2, 0.25) is 5.02 Å². The predicted molar refractivity (Wildman–Crippen MR) is 108 cm³/mol. The second-order valence-electron chi connectivity index (χ2n) is 5.69. The fraction of sp³-hybridized carbons (Fsp3) is 0.100. The number of hydrogen-bond acceptors (Lipinski definition) is 4. The lowest BCUT2D eigenvalue weighted by atomic mass is 10.3. The number of amides is 2. The summed E-state index contributed by atoms with van der Waals surface area (Å²) in [5, 5.41) is 6.08. The summed E-state index contributed by atoms with van der Waals surface area (Å²) >= 11 is 7.42. The second kappa shape index (κ2) is 8.70. The third-order valence-corrected chi connectivity index (χ3v) is 4.97. The van der Waals surface area contributed by atoms with Crippen LogP contribution in [0.4, 0.5) is 5.69 Å². The van der Waals surface area contributed by atoms with Gasteiger partial charge in [-0.2, -0.15) is 0 Å². The standard InChI is InChI=1S/C20H17ClN2O3S/c1-13(24)22-12-16-10-11-19(27-16)20(25)23-14-6-8-15(9-7-14)26-18-5-3-2-4-17(18)21/h2-11H,12H2,1H3,(H,22,24)(H,23,25). The average Bonchev–Trinajstić information content (AvgIpc) is 3.13. The second-order valence-corrected chi connectivity index (χ2v) is 7.26. The quantitative estimate of drug-likeness (QED) is 0.606. The van der Waals surface area contributed by atoms with E-state index in [4.69, 9.17) is 16.3 Å². The molecule has 0 unspecified atom stereocenters. The summed E-state index contributed by atoms with van der Waals surface area (Å²) in [5.74, 6) is 0.887. The Morgan fingerprint density at radius 2 is 1.78 bits per heavy atom. The van der Waals surface area contributed by atoms with E-state index in [0.29, 0.717) is 33.6 Å². The molecule has 1 aromatic heterocycles. The lowest BCUT2D eigenvalue weighted by molar-refractivity contribution is -0.119. The van der Waals surface area contributed by atoms with E-state index in [1.807, 2.05) is 18.2 Å². The molecular formula is C20H17ClN2O3S. The van der Waals surface area contributed by atoms with Crippen molar-refractivity contribution in [1.82, 2.24) is 5.32 Å². The summed E-state index contributed by atoms with van der Waals surface area (Å²) in [5.41, 5.74) is 0.656. The van der Waals surface area contributed by atoms with Gasteiger partial charge in [-0.15, -0.1) is 11.3 Å². The highest BCUT2D eigenvalue weighted by atomic mass is 35.5. The van der Waals surface area contributed by atoms with Crippen LogP contribution in [0.15, 0.2) is 60.7 Å². The molecule has 0 aliphatic heterocycles. The number of thiophene rings is 1. The first-order chi connectivity index (χ1) is 13.0. The monoisotopic (exact) mass is 400 g/mol. The lowest BCUT2D eigenvalue weighted by Crippen LogP contribution is -2.18. The van der Waals surface area contributed by atoms with Gasteiger partial charge in [-0.25, -0.2) is 0 Å². The van der Waals surface area contributed by atoms with Crippen molar-refractivity contribution in [3.63, 3.8) is 0 Å². The van der Waals surface area contributed by atoms with E-state index in [9.17, 15) is 9.59 Å². The number of carbonyl (C=O) groups is 2. The van der Waals surface area contributed by atoms with Gasteiger partial charge in [0.1, 0.15) is 11.5 Å². The number of anilines is 1. The minimum absolute atomic E-state index is 0.103. The molecule has 0 spiro atoms. The molecule has 2 N–H and O–H groups in total. The van der Waals surface area contributed by atoms with Crippen molar-refractivity contribution in [2.75, 3.05) is 5.32 Å². The van der Waals surface area contributed by atoms with Crippen LogP contribution in [0.5, 0.6) is 11.5 Å². The van der Waals surface area contributed by atoms with Crippen molar-refractivity contribution in [3.8, 4) is 11.5 Å².